The third kappa shape index (κ3) is 4.29. The Morgan fingerprint density at radius 3 is 2.33 bits per heavy atom. The van der Waals surface area contributed by atoms with E-state index in [2.05, 4.69) is 4.74 Å². The van der Waals surface area contributed by atoms with Crippen molar-refractivity contribution in [3.8, 4) is 5.75 Å². The van der Waals surface area contributed by atoms with Crippen LogP contribution in [0.15, 0.2) is 36.0 Å². The number of nitrogens with two attached hydrogens (primary N) is 1. The Morgan fingerprint density at radius 1 is 1.33 bits per heavy atom. The van der Waals surface area contributed by atoms with Crippen molar-refractivity contribution in [1.29, 1.82) is 0 Å². The number of alkyl halides is 3. The van der Waals surface area contributed by atoms with E-state index in [1.54, 1.807) is 19.2 Å². The molecule has 0 unspecified atom stereocenters. The minimum Gasteiger partial charge on any atom is -0.406 e. The lowest BCUT2D eigenvalue weighted by atomic mass is 10.2. The predicted molar refractivity (Wildman–Crippen MR) is 64.3 cm³/mol. The highest BCUT2D eigenvalue weighted by Gasteiger charge is 2.30. The van der Waals surface area contributed by atoms with Crippen molar-refractivity contribution < 1.29 is 17.9 Å². The van der Waals surface area contributed by atoms with E-state index in [1.165, 1.54) is 12.1 Å². The minimum absolute atomic E-state index is 0.236. The van der Waals surface area contributed by atoms with Crippen LogP contribution in [0.1, 0.15) is 6.92 Å². The second-order valence-electron chi connectivity index (χ2n) is 3.68. The number of ether oxygens (including phenoxy) is 1. The standard InChI is InChI=1S/C12H15F3N2O/c1-9(7-8-16)17(2)10-3-5-11(6-4-10)18-12(13,14)15/h3-7H,8,16H2,1-2H3/b9-7-. The molecule has 2 N–H and O–H groups in total. The molecule has 0 atom stereocenters. The van der Waals surface area contributed by atoms with Gasteiger partial charge in [0, 0.05) is 25.0 Å². The van der Waals surface area contributed by atoms with Crippen molar-refractivity contribution in [2.45, 2.75) is 13.3 Å². The molecule has 0 spiro atoms. The zero-order valence-electron chi connectivity index (χ0n) is 10.2. The molecule has 0 saturated heterocycles. The molecule has 1 aromatic rings. The van der Waals surface area contributed by atoms with Crippen LogP contribution in [0.5, 0.6) is 5.75 Å². The molecule has 0 aliphatic carbocycles. The molecule has 6 heteroatoms. The van der Waals surface area contributed by atoms with E-state index in [-0.39, 0.29) is 5.75 Å². The molecule has 0 aliphatic rings. The highest BCUT2D eigenvalue weighted by molar-refractivity contribution is 5.52. The van der Waals surface area contributed by atoms with Gasteiger partial charge in [0.2, 0.25) is 0 Å². The summed E-state index contributed by atoms with van der Waals surface area (Å²) in [6, 6.07) is 5.65. The molecule has 0 saturated carbocycles. The van der Waals surface area contributed by atoms with Gasteiger partial charge in [0.1, 0.15) is 5.75 Å². The zero-order chi connectivity index (χ0) is 13.8. The molecule has 3 nitrogen and oxygen atoms in total. The first-order chi connectivity index (χ1) is 8.33. The third-order valence-corrected chi connectivity index (χ3v) is 2.40. The fourth-order valence-corrected chi connectivity index (χ4v) is 1.38. The van der Waals surface area contributed by atoms with Crippen LogP contribution in [-0.4, -0.2) is 20.0 Å². The van der Waals surface area contributed by atoms with Crippen LogP contribution < -0.4 is 15.4 Å². The number of allylic oxidation sites excluding steroid dienone is 1. The molecule has 0 radical (unpaired) electrons. The van der Waals surface area contributed by atoms with Gasteiger partial charge in [0.15, 0.2) is 0 Å². The number of rotatable bonds is 4. The van der Waals surface area contributed by atoms with E-state index >= 15 is 0 Å². The lowest BCUT2D eigenvalue weighted by Gasteiger charge is -2.20. The molecule has 0 amide bonds. The van der Waals surface area contributed by atoms with Gasteiger partial charge in [-0.25, -0.2) is 0 Å². The van der Waals surface area contributed by atoms with Crippen LogP contribution in [0.25, 0.3) is 0 Å². The maximum Gasteiger partial charge on any atom is 0.573 e. The zero-order valence-corrected chi connectivity index (χ0v) is 10.2. The van der Waals surface area contributed by atoms with Crippen molar-refractivity contribution in [1.82, 2.24) is 0 Å². The fraction of sp³-hybridized carbons (Fsp3) is 0.333. The largest absolute Gasteiger partial charge is 0.573 e. The quantitative estimate of drug-likeness (QED) is 0.904. The molecule has 18 heavy (non-hydrogen) atoms. The van der Waals surface area contributed by atoms with E-state index in [9.17, 15) is 13.2 Å². The summed E-state index contributed by atoms with van der Waals surface area (Å²) < 4.78 is 39.7. The average Bonchev–Trinajstić information content (AvgIpc) is 2.27. The topological polar surface area (TPSA) is 38.5 Å². The average molecular weight is 260 g/mol. The maximum atomic E-state index is 12.0. The fourth-order valence-electron chi connectivity index (χ4n) is 1.38. The van der Waals surface area contributed by atoms with Crippen molar-refractivity contribution >= 4 is 5.69 Å². The van der Waals surface area contributed by atoms with E-state index in [0.717, 1.165) is 11.4 Å². The van der Waals surface area contributed by atoms with Gasteiger partial charge in [-0.3, -0.25) is 0 Å². The van der Waals surface area contributed by atoms with Crippen molar-refractivity contribution in [3.63, 3.8) is 0 Å². The van der Waals surface area contributed by atoms with Crippen LogP contribution in [0.3, 0.4) is 0 Å². The Morgan fingerprint density at radius 2 is 1.89 bits per heavy atom. The van der Waals surface area contributed by atoms with Gasteiger partial charge in [0.25, 0.3) is 0 Å². The van der Waals surface area contributed by atoms with E-state index in [0.29, 0.717) is 6.54 Å². The second kappa shape index (κ2) is 5.77. The van der Waals surface area contributed by atoms with Gasteiger partial charge in [0.05, 0.1) is 0 Å². The summed E-state index contributed by atoms with van der Waals surface area (Å²) in [6.45, 7) is 2.28. The summed E-state index contributed by atoms with van der Waals surface area (Å²) >= 11 is 0. The highest BCUT2D eigenvalue weighted by Crippen LogP contribution is 2.25. The van der Waals surface area contributed by atoms with Gasteiger partial charge in [-0.2, -0.15) is 0 Å². The first kappa shape index (κ1) is 14.4. The molecule has 1 rings (SSSR count). The maximum absolute atomic E-state index is 12.0. The molecular formula is C12H15F3N2O. The monoisotopic (exact) mass is 260 g/mol. The molecule has 0 aliphatic heterocycles. The number of halogens is 3. The van der Waals surface area contributed by atoms with Gasteiger partial charge in [-0.1, -0.05) is 6.08 Å². The van der Waals surface area contributed by atoms with Crippen LogP contribution in [-0.2, 0) is 0 Å². The molecule has 100 valence electrons. The molecule has 0 fully saturated rings. The van der Waals surface area contributed by atoms with E-state index in [1.807, 2.05) is 17.9 Å². The van der Waals surface area contributed by atoms with Gasteiger partial charge in [-0.15, -0.1) is 13.2 Å². The number of benzene rings is 1. The Balaban J connectivity index is 2.80. The summed E-state index contributed by atoms with van der Waals surface area (Å²) in [5.41, 5.74) is 7.07. The van der Waals surface area contributed by atoms with Crippen LogP contribution in [0.4, 0.5) is 18.9 Å². The van der Waals surface area contributed by atoms with Gasteiger partial charge >= 0.3 is 6.36 Å². The smallest absolute Gasteiger partial charge is 0.406 e. The summed E-state index contributed by atoms with van der Waals surface area (Å²) in [6.07, 6.45) is -2.84. The number of hydrogen-bond donors (Lipinski definition) is 1. The first-order valence-electron chi connectivity index (χ1n) is 5.30. The Hall–Kier alpha value is -1.69. The summed E-state index contributed by atoms with van der Waals surface area (Å²) in [5.74, 6) is -0.236. The van der Waals surface area contributed by atoms with Crippen LogP contribution >= 0.6 is 0 Å². The summed E-state index contributed by atoms with van der Waals surface area (Å²) in [5, 5.41) is 0. The van der Waals surface area contributed by atoms with Gasteiger partial charge in [-0.05, 0) is 31.2 Å². The molecule has 0 bridgehead atoms. The molecular weight excluding hydrogens is 245 g/mol. The lowest BCUT2D eigenvalue weighted by Crippen LogP contribution is -2.18. The number of nitrogens with zero attached hydrogens (tertiary/aromatic N) is 1. The second-order valence-corrected chi connectivity index (χ2v) is 3.68. The molecule has 1 aromatic carbocycles. The highest BCUT2D eigenvalue weighted by atomic mass is 19.4. The summed E-state index contributed by atoms with van der Waals surface area (Å²) in [4.78, 5) is 1.82. The Kier molecular flexibility index (Phi) is 4.61. The van der Waals surface area contributed by atoms with Gasteiger partial charge < -0.3 is 15.4 Å². The SMILES string of the molecule is C/C(=C/CN)N(C)c1ccc(OC(F)(F)F)cc1. The van der Waals surface area contributed by atoms with Crippen LogP contribution in [0.2, 0.25) is 0 Å². The predicted octanol–water partition coefficient (Wildman–Crippen LogP) is 2.88. The van der Waals surface area contributed by atoms with E-state index in [4.69, 9.17) is 5.73 Å². The van der Waals surface area contributed by atoms with Crippen molar-refractivity contribution in [2.75, 3.05) is 18.5 Å². The first-order valence-corrected chi connectivity index (χ1v) is 5.30. The van der Waals surface area contributed by atoms with Crippen molar-refractivity contribution in [3.05, 3.63) is 36.0 Å². The molecule has 0 heterocycles. The normalized spacial score (nSPS) is 12.4. The Bertz CT molecular complexity index is 412. The van der Waals surface area contributed by atoms with Crippen molar-refractivity contribution in [2.24, 2.45) is 5.73 Å². The third-order valence-electron chi connectivity index (χ3n) is 2.40. The van der Waals surface area contributed by atoms with E-state index < -0.39 is 6.36 Å². The van der Waals surface area contributed by atoms with Crippen LogP contribution in [0, 0.1) is 0 Å². The number of hydrogen-bond acceptors (Lipinski definition) is 3. The minimum atomic E-state index is -4.66. The number of anilines is 1. The molecule has 0 aromatic heterocycles. The lowest BCUT2D eigenvalue weighted by molar-refractivity contribution is -0.274. The summed E-state index contributed by atoms with van der Waals surface area (Å²) in [7, 11) is 1.81. The Labute approximate surface area is 104 Å².